The Labute approximate surface area is 82.7 Å². The SMILES string of the molecule is CCC1(C)C=CC(CC(C)C)=CC1. The molecule has 0 heterocycles. The fraction of sp³-hybridized carbons (Fsp3) is 0.692. The van der Waals surface area contributed by atoms with Crippen molar-refractivity contribution in [2.75, 3.05) is 0 Å². The maximum atomic E-state index is 2.42. The molecule has 0 aromatic carbocycles. The standard InChI is InChI=1S/C13H22/c1-5-13(4)8-6-12(7-9-13)10-11(2)3/h6-8,11H,5,9-10H2,1-4H3. The molecule has 1 rings (SSSR count). The van der Waals surface area contributed by atoms with Crippen LogP contribution >= 0.6 is 0 Å². The molecule has 0 amide bonds. The van der Waals surface area contributed by atoms with Crippen molar-refractivity contribution in [3.05, 3.63) is 23.8 Å². The first-order valence-electron chi connectivity index (χ1n) is 5.44. The highest BCUT2D eigenvalue weighted by Gasteiger charge is 2.19. The molecule has 13 heavy (non-hydrogen) atoms. The van der Waals surface area contributed by atoms with E-state index in [0.717, 1.165) is 5.92 Å². The molecule has 0 saturated heterocycles. The summed E-state index contributed by atoms with van der Waals surface area (Å²) in [5.74, 6) is 0.780. The second-order valence-corrected chi connectivity index (χ2v) is 4.92. The minimum atomic E-state index is 0.431. The Morgan fingerprint density at radius 1 is 1.46 bits per heavy atom. The van der Waals surface area contributed by atoms with Crippen molar-refractivity contribution in [3.63, 3.8) is 0 Å². The largest absolute Gasteiger partial charge is 0.0805 e. The summed E-state index contributed by atoms with van der Waals surface area (Å²) in [6, 6.07) is 0. The van der Waals surface area contributed by atoms with Crippen molar-refractivity contribution < 1.29 is 0 Å². The third kappa shape index (κ3) is 3.02. The summed E-state index contributed by atoms with van der Waals surface area (Å²) in [7, 11) is 0. The highest BCUT2D eigenvalue weighted by atomic mass is 14.2. The van der Waals surface area contributed by atoms with E-state index in [-0.39, 0.29) is 0 Å². The minimum Gasteiger partial charge on any atom is -0.0805 e. The molecular weight excluding hydrogens is 156 g/mol. The van der Waals surface area contributed by atoms with E-state index in [1.165, 1.54) is 24.8 Å². The molecule has 0 aromatic heterocycles. The summed E-state index contributed by atoms with van der Waals surface area (Å²) >= 11 is 0. The van der Waals surface area contributed by atoms with Gasteiger partial charge in [0.1, 0.15) is 0 Å². The molecule has 0 heteroatoms. The molecule has 1 aliphatic carbocycles. The van der Waals surface area contributed by atoms with Gasteiger partial charge in [-0.1, -0.05) is 51.5 Å². The Balaban J connectivity index is 2.55. The van der Waals surface area contributed by atoms with Gasteiger partial charge in [0.15, 0.2) is 0 Å². The highest BCUT2D eigenvalue weighted by Crippen LogP contribution is 2.33. The second-order valence-electron chi connectivity index (χ2n) is 4.92. The van der Waals surface area contributed by atoms with Crippen molar-refractivity contribution in [2.45, 2.75) is 47.0 Å². The summed E-state index contributed by atoms with van der Waals surface area (Å²) in [6.07, 6.45) is 10.8. The van der Waals surface area contributed by atoms with Crippen LogP contribution in [0.25, 0.3) is 0 Å². The van der Waals surface area contributed by atoms with Gasteiger partial charge in [-0.2, -0.15) is 0 Å². The van der Waals surface area contributed by atoms with Gasteiger partial charge in [0.2, 0.25) is 0 Å². The summed E-state index contributed by atoms with van der Waals surface area (Å²) in [5, 5.41) is 0. The highest BCUT2D eigenvalue weighted by molar-refractivity contribution is 5.26. The van der Waals surface area contributed by atoms with Crippen molar-refractivity contribution in [1.82, 2.24) is 0 Å². The lowest BCUT2D eigenvalue weighted by Gasteiger charge is -2.26. The zero-order chi connectivity index (χ0) is 9.90. The fourth-order valence-electron chi connectivity index (χ4n) is 1.69. The Morgan fingerprint density at radius 2 is 2.15 bits per heavy atom. The van der Waals surface area contributed by atoms with Crippen molar-refractivity contribution >= 4 is 0 Å². The predicted octanol–water partition coefficient (Wildman–Crippen LogP) is 4.34. The lowest BCUT2D eigenvalue weighted by atomic mass is 9.79. The number of rotatable bonds is 3. The predicted molar refractivity (Wildman–Crippen MR) is 59.7 cm³/mol. The van der Waals surface area contributed by atoms with E-state index >= 15 is 0 Å². The molecule has 0 N–H and O–H groups in total. The van der Waals surface area contributed by atoms with Crippen LogP contribution in [-0.4, -0.2) is 0 Å². The summed E-state index contributed by atoms with van der Waals surface area (Å²) in [4.78, 5) is 0. The third-order valence-corrected chi connectivity index (χ3v) is 2.98. The normalized spacial score (nSPS) is 27.9. The molecule has 0 fully saturated rings. The first-order chi connectivity index (χ1) is 6.06. The van der Waals surface area contributed by atoms with Gasteiger partial charge in [0.25, 0.3) is 0 Å². The Kier molecular flexibility index (Phi) is 3.35. The van der Waals surface area contributed by atoms with Gasteiger partial charge in [0.05, 0.1) is 0 Å². The van der Waals surface area contributed by atoms with E-state index in [4.69, 9.17) is 0 Å². The molecule has 0 radical (unpaired) electrons. The monoisotopic (exact) mass is 178 g/mol. The first kappa shape index (κ1) is 10.6. The third-order valence-electron chi connectivity index (χ3n) is 2.98. The minimum absolute atomic E-state index is 0.431. The molecule has 1 atom stereocenters. The molecule has 1 aliphatic rings. The maximum absolute atomic E-state index is 2.42. The van der Waals surface area contributed by atoms with Gasteiger partial charge in [0, 0.05) is 0 Å². The van der Waals surface area contributed by atoms with Crippen molar-refractivity contribution in [1.29, 1.82) is 0 Å². The van der Waals surface area contributed by atoms with Gasteiger partial charge in [-0.3, -0.25) is 0 Å². The number of hydrogen-bond acceptors (Lipinski definition) is 0. The average Bonchev–Trinajstić information content (AvgIpc) is 2.09. The van der Waals surface area contributed by atoms with Gasteiger partial charge < -0.3 is 0 Å². The van der Waals surface area contributed by atoms with Crippen LogP contribution < -0.4 is 0 Å². The fourth-order valence-corrected chi connectivity index (χ4v) is 1.69. The topological polar surface area (TPSA) is 0 Å². The van der Waals surface area contributed by atoms with Crippen LogP contribution in [0.1, 0.15) is 47.0 Å². The number of allylic oxidation sites excluding steroid dienone is 4. The second kappa shape index (κ2) is 4.13. The molecule has 0 saturated carbocycles. The van der Waals surface area contributed by atoms with Gasteiger partial charge in [-0.15, -0.1) is 0 Å². The van der Waals surface area contributed by atoms with Crippen LogP contribution in [0.4, 0.5) is 0 Å². The lowest BCUT2D eigenvalue weighted by molar-refractivity contribution is 0.410. The van der Waals surface area contributed by atoms with Gasteiger partial charge >= 0.3 is 0 Å². The molecule has 0 nitrogen and oxygen atoms in total. The smallest absolute Gasteiger partial charge is 0.0111 e. The Hall–Kier alpha value is -0.520. The van der Waals surface area contributed by atoms with Crippen LogP contribution in [0.5, 0.6) is 0 Å². The quantitative estimate of drug-likeness (QED) is 0.603. The average molecular weight is 178 g/mol. The van der Waals surface area contributed by atoms with E-state index in [9.17, 15) is 0 Å². The van der Waals surface area contributed by atoms with E-state index in [1.54, 1.807) is 0 Å². The first-order valence-corrected chi connectivity index (χ1v) is 5.44. The Morgan fingerprint density at radius 3 is 2.54 bits per heavy atom. The lowest BCUT2D eigenvalue weighted by Crippen LogP contribution is -2.13. The van der Waals surface area contributed by atoms with Crippen LogP contribution in [0.3, 0.4) is 0 Å². The summed E-state index contributed by atoms with van der Waals surface area (Å²) in [5.41, 5.74) is 1.96. The van der Waals surface area contributed by atoms with E-state index < -0.39 is 0 Å². The zero-order valence-electron chi connectivity index (χ0n) is 9.43. The Bertz CT molecular complexity index is 220. The van der Waals surface area contributed by atoms with Gasteiger partial charge in [-0.25, -0.2) is 0 Å². The molecular formula is C13H22. The zero-order valence-corrected chi connectivity index (χ0v) is 9.43. The van der Waals surface area contributed by atoms with Crippen LogP contribution in [0.2, 0.25) is 0 Å². The van der Waals surface area contributed by atoms with Crippen LogP contribution in [-0.2, 0) is 0 Å². The van der Waals surface area contributed by atoms with Crippen molar-refractivity contribution in [3.8, 4) is 0 Å². The van der Waals surface area contributed by atoms with E-state index in [0.29, 0.717) is 5.41 Å². The molecule has 0 spiro atoms. The van der Waals surface area contributed by atoms with Crippen LogP contribution in [0.15, 0.2) is 23.8 Å². The van der Waals surface area contributed by atoms with Gasteiger partial charge in [-0.05, 0) is 30.6 Å². The molecule has 0 bridgehead atoms. The van der Waals surface area contributed by atoms with E-state index in [1.807, 2.05) is 0 Å². The molecule has 0 aromatic rings. The maximum Gasteiger partial charge on any atom is -0.0111 e. The molecule has 1 unspecified atom stereocenters. The summed E-state index contributed by atoms with van der Waals surface area (Å²) < 4.78 is 0. The van der Waals surface area contributed by atoms with E-state index in [2.05, 4.69) is 45.9 Å². The van der Waals surface area contributed by atoms with Crippen molar-refractivity contribution in [2.24, 2.45) is 11.3 Å². The molecule has 0 aliphatic heterocycles. The van der Waals surface area contributed by atoms with Crippen LogP contribution in [0, 0.1) is 11.3 Å². The number of hydrogen-bond donors (Lipinski definition) is 0. The molecule has 74 valence electrons. The summed E-state index contributed by atoms with van der Waals surface area (Å²) in [6.45, 7) is 9.17.